The van der Waals surface area contributed by atoms with Crippen molar-refractivity contribution in [1.82, 2.24) is 0 Å². The summed E-state index contributed by atoms with van der Waals surface area (Å²) in [5.41, 5.74) is -1.19. The first kappa shape index (κ1) is 12.0. The molecule has 0 N–H and O–H groups in total. The molecular weight excluding hydrogens is 240 g/mol. The van der Waals surface area contributed by atoms with E-state index in [4.69, 9.17) is 4.74 Å². The van der Waals surface area contributed by atoms with Gasteiger partial charge >= 0.3 is 6.36 Å². The van der Waals surface area contributed by atoms with Gasteiger partial charge in [-0.25, -0.2) is 4.39 Å². The van der Waals surface area contributed by atoms with E-state index >= 15 is 0 Å². The Morgan fingerprint density at radius 3 is 2.71 bits per heavy atom. The molecule has 2 nitrogen and oxygen atoms in total. The molecule has 17 heavy (non-hydrogen) atoms. The highest BCUT2D eigenvalue weighted by Crippen LogP contribution is 2.35. The molecule has 0 amide bonds. The third kappa shape index (κ3) is 3.01. The van der Waals surface area contributed by atoms with Crippen molar-refractivity contribution in [2.45, 2.75) is 25.4 Å². The molecule has 0 spiro atoms. The van der Waals surface area contributed by atoms with Crippen LogP contribution in [0.1, 0.15) is 12.5 Å². The number of alkyl halides is 4. The molecule has 0 radical (unpaired) electrons. The van der Waals surface area contributed by atoms with Crippen molar-refractivity contribution in [1.29, 1.82) is 0 Å². The van der Waals surface area contributed by atoms with Gasteiger partial charge in [-0.2, -0.15) is 0 Å². The Labute approximate surface area is 95.1 Å². The molecule has 0 aromatic heterocycles. The second-order valence-electron chi connectivity index (χ2n) is 4.20. The fraction of sp³-hybridized carbons (Fsp3) is 0.455. The highest BCUT2D eigenvalue weighted by molar-refractivity contribution is 5.42. The van der Waals surface area contributed by atoms with Crippen LogP contribution in [0.2, 0.25) is 0 Å². The predicted octanol–water partition coefficient (Wildman–Crippen LogP) is 3.25. The summed E-state index contributed by atoms with van der Waals surface area (Å²) in [4.78, 5) is 0. The second-order valence-corrected chi connectivity index (χ2v) is 4.20. The first-order valence-electron chi connectivity index (χ1n) is 4.96. The molecule has 0 bridgehead atoms. The topological polar surface area (TPSA) is 18.5 Å². The summed E-state index contributed by atoms with van der Waals surface area (Å²) in [6, 6.07) is 3.65. The molecule has 0 fully saturated rings. The van der Waals surface area contributed by atoms with E-state index < -0.39 is 12.0 Å². The number of rotatable bonds is 1. The van der Waals surface area contributed by atoms with Crippen molar-refractivity contribution < 1.29 is 27.0 Å². The zero-order chi connectivity index (χ0) is 12.7. The van der Waals surface area contributed by atoms with Crippen LogP contribution in [-0.4, -0.2) is 18.6 Å². The number of hydrogen-bond donors (Lipinski definition) is 0. The smallest absolute Gasteiger partial charge is 0.490 e. The molecule has 0 aliphatic carbocycles. The Morgan fingerprint density at radius 2 is 2.06 bits per heavy atom. The fourth-order valence-corrected chi connectivity index (χ4v) is 1.71. The van der Waals surface area contributed by atoms with Crippen molar-refractivity contribution in [2.24, 2.45) is 0 Å². The van der Waals surface area contributed by atoms with E-state index in [-0.39, 0.29) is 18.8 Å². The zero-order valence-corrected chi connectivity index (χ0v) is 8.97. The van der Waals surface area contributed by atoms with Crippen LogP contribution in [-0.2, 0) is 6.42 Å². The minimum absolute atomic E-state index is 0.0113. The van der Waals surface area contributed by atoms with E-state index in [0.29, 0.717) is 11.3 Å². The molecule has 2 rings (SSSR count). The summed E-state index contributed by atoms with van der Waals surface area (Å²) in [7, 11) is 0. The van der Waals surface area contributed by atoms with Crippen LogP contribution in [0.5, 0.6) is 11.5 Å². The standard InChI is InChI=1S/C11H10F4O2/c1-10(12)5-7-4-8(17-11(13,14)15)2-3-9(7)16-6-10/h2-4H,5-6H2,1H3. The number of halogens is 4. The number of hydrogen-bond acceptors (Lipinski definition) is 2. The van der Waals surface area contributed by atoms with Crippen LogP contribution < -0.4 is 9.47 Å². The van der Waals surface area contributed by atoms with Gasteiger partial charge < -0.3 is 9.47 Å². The lowest BCUT2D eigenvalue weighted by Gasteiger charge is -2.28. The summed E-state index contributed by atoms with van der Waals surface area (Å²) in [5, 5.41) is 0. The van der Waals surface area contributed by atoms with Gasteiger partial charge in [0.1, 0.15) is 23.8 Å². The monoisotopic (exact) mass is 250 g/mol. The molecule has 1 aliphatic rings. The largest absolute Gasteiger partial charge is 0.573 e. The van der Waals surface area contributed by atoms with Crippen LogP contribution in [0, 0.1) is 0 Å². The van der Waals surface area contributed by atoms with E-state index in [1.165, 1.54) is 13.0 Å². The van der Waals surface area contributed by atoms with E-state index in [2.05, 4.69) is 4.74 Å². The minimum Gasteiger partial charge on any atom is -0.490 e. The number of ether oxygens (including phenoxy) is 2. The Morgan fingerprint density at radius 1 is 1.35 bits per heavy atom. The predicted molar refractivity (Wildman–Crippen MR) is 51.8 cm³/mol. The Hall–Kier alpha value is -1.46. The molecule has 1 heterocycles. The van der Waals surface area contributed by atoms with Crippen LogP contribution in [0.4, 0.5) is 17.6 Å². The van der Waals surface area contributed by atoms with E-state index in [1.54, 1.807) is 0 Å². The van der Waals surface area contributed by atoms with Gasteiger partial charge in [-0.1, -0.05) is 0 Å². The molecular formula is C11H10F4O2. The van der Waals surface area contributed by atoms with Gasteiger partial charge in [-0.15, -0.1) is 13.2 Å². The van der Waals surface area contributed by atoms with Crippen molar-refractivity contribution in [3.8, 4) is 11.5 Å². The van der Waals surface area contributed by atoms with Crippen LogP contribution in [0.25, 0.3) is 0 Å². The Kier molecular flexibility index (Phi) is 2.67. The van der Waals surface area contributed by atoms with Gasteiger partial charge in [0.2, 0.25) is 0 Å². The van der Waals surface area contributed by atoms with Gasteiger partial charge in [0.15, 0.2) is 0 Å². The highest BCUT2D eigenvalue weighted by Gasteiger charge is 2.34. The lowest BCUT2D eigenvalue weighted by atomic mass is 9.96. The summed E-state index contributed by atoms with van der Waals surface area (Å²) < 4.78 is 58.5. The van der Waals surface area contributed by atoms with Crippen molar-refractivity contribution in [3.63, 3.8) is 0 Å². The van der Waals surface area contributed by atoms with Gasteiger partial charge in [0.25, 0.3) is 0 Å². The second kappa shape index (κ2) is 3.78. The van der Waals surface area contributed by atoms with Gasteiger partial charge in [-0.3, -0.25) is 0 Å². The molecule has 1 aromatic carbocycles. The van der Waals surface area contributed by atoms with Crippen LogP contribution in [0.3, 0.4) is 0 Å². The summed E-state index contributed by atoms with van der Waals surface area (Å²) in [6.45, 7) is 1.24. The maximum absolute atomic E-state index is 13.6. The summed E-state index contributed by atoms with van der Waals surface area (Å²) in [5.74, 6) is 0.0344. The van der Waals surface area contributed by atoms with Gasteiger partial charge in [-0.05, 0) is 25.1 Å². The lowest BCUT2D eigenvalue weighted by Crippen LogP contribution is -2.34. The maximum Gasteiger partial charge on any atom is 0.573 e. The molecule has 1 aliphatic heterocycles. The zero-order valence-electron chi connectivity index (χ0n) is 8.97. The number of benzene rings is 1. The third-order valence-electron chi connectivity index (χ3n) is 2.35. The van der Waals surface area contributed by atoms with Crippen LogP contribution in [0.15, 0.2) is 18.2 Å². The normalized spacial score (nSPS) is 23.8. The molecule has 6 heteroatoms. The van der Waals surface area contributed by atoms with Crippen LogP contribution >= 0.6 is 0 Å². The molecule has 1 unspecified atom stereocenters. The van der Waals surface area contributed by atoms with Crippen molar-refractivity contribution >= 4 is 0 Å². The molecule has 94 valence electrons. The van der Waals surface area contributed by atoms with E-state index in [9.17, 15) is 17.6 Å². The quantitative estimate of drug-likeness (QED) is 0.712. The third-order valence-corrected chi connectivity index (χ3v) is 2.35. The van der Waals surface area contributed by atoms with Gasteiger partial charge in [0.05, 0.1) is 0 Å². The minimum atomic E-state index is -4.75. The summed E-state index contributed by atoms with van der Waals surface area (Å²) in [6.07, 6.45) is -4.74. The number of fused-ring (bicyclic) bond motifs is 1. The average molecular weight is 250 g/mol. The molecule has 1 aromatic rings. The summed E-state index contributed by atoms with van der Waals surface area (Å²) >= 11 is 0. The van der Waals surface area contributed by atoms with Crippen molar-refractivity contribution in [3.05, 3.63) is 23.8 Å². The fourth-order valence-electron chi connectivity index (χ4n) is 1.71. The Bertz CT molecular complexity index is 426. The highest BCUT2D eigenvalue weighted by atomic mass is 19.4. The molecule has 1 atom stereocenters. The van der Waals surface area contributed by atoms with E-state index in [1.807, 2.05) is 0 Å². The first-order chi connectivity index (χ1) is 7.75. The SMILES string of the molecule is CC1(F)COc2ccc(OC(F)(F)F)cc2C1. The first-order valence-corrected chi connectivity index (χ1v) is 4.96. The van der Waals surface area contributed by atoms with E-state index in [0.717, 1.165) is 12.1 Å². The maximum atomic E-state index is 13.6. The molecule has 0 saturated heterocycles. The average Bonchev–Trinajstić information content (AvgIpc) is 2.12. The lowest BCUT2D eigenvalue weighted by molar-refractivity contribution is -0.274. The Balaban J connectivity index is 2.24. The van der Waals surface area contributed by atoms with Gasteiger partial charge in [0, 0.05) is 12.0 Å². The van der Waals surface area contributed by atoms with Crippen molar-refractivity contribution in [2.75, 3.05) is 6.61 Å². The molecule has 0 saturated carbocycles.